The van der Waals surface area contributed by atoms with Crippen LogP contribution in [-0.4, -0.2) is 29.3 Å². The maximum absolute atomic E-state index is 9.15. The Morgan fingerprint density at radius 2 is 2.19 bits per heavy atom. The van der Waals surface area contributed by atoms with Gasteiger partial charge in [0.05, 0.1) is 24.2 Å². The van der Waals surface area contributed by atoms with Gasteiger partial charge in [-0.05, 0) is 18.9 Å². The van der Waals surface area contributed by atoms with E-state index in [0.29, 0.717) is 18.3 Å². The van der Waals surface area contributed by atoms with Crippen LogP contribution in [0, 0.1) is 0 Å². The summed E-state index contributed by atoms with van der Waals surface area (Å²) in [6.45, 7) is 0.817. The van der Waals surface area contributed by atoms with Crippen molar-refractivity contribution in [2.75, 3.05) is 23.8 Å². The lowest BCUT2D eigenvalue weighted by molar-refractivity contribution is 0.297. The van der Waals surface area contributed by atoms with Gasteiger partial charge in [-0.25, -0.2) is 0 Å². The standard InChI is InChI=1S/C12H19N3O/c13-11-9-14-6-5-12(11)15(7-8-16)10-3-1-2-4-10/h5-6,9-10,16H,1-4,7-8,13H2. The molecule has 0 aliphatic heterocycles. The van der Waals surface area contributed by atoms with Gasteiger partial charge >= 0.3 is 0 Å². The number of rotatable bonds is 4. The monoisotopic (exact) mass is 221 g/mol. The van der Waals surface area contributed by atoms with Crippen LogP contribution in [0.1, 0.15) is 25.7 Å². The van der Waals surface area contributed by atoms with E-state index in [1.807, 2.05) is 6.07 Å². The van der Waals surface area contributed by atoms with Crippen LogP contribution < -0.4 is 10.6 Å². The molecule has 3 N–H and O–H groups in total. The molecule has 0 unspecified atom stereocenters. The summed E-state index contributed by atoms with van der Waals surface area (Å²) in [6.07, 6.45) is 8.37. The third-order valence-electron chi connectivity index (χ3n) is 3.24. The molecule has 0 amide bonds. The van der Waals surface area contributed by atoms with E-state index in [4.69, 9.17) is 10.8 Å². The topological polar surface area (TPSA) is 62.4 Å². The van der Waals surface area contributed by atoms with E-state index in [1.165, 1.54) is 25.7 Å². The Balaban J connectivity index is 2.21. The Labute approximate surface area is 96.1 Å². The lowest BCUT2D eigenvalue weighted by Crippen LogP contribution is -2.36. The van der Waals surface area contributed by atoms with Crippen LogP contribution in [0.5, 0.6) is 0 Å². The van der Waals surface area contributed by atoms with Gasteiger partial charge in [0, 0.05) is 18.8 Å². The quantitative estimate of drug-likeness (QED) is 0.807. The summed E-state index contributed by atoms with van der Waals surface area (Å²) >= 11 is 0. The molecule has 4 nitrogen and oxygen atoms in total. The van der Waals surface area contributed by atoms with Gasteiger partial charge in [-0.3, -0.25) is 4.98 Å². The van der Waals surface area contributed by atoms with Gasteiger partial charge in [-0.15, -0.1) is 0 Å². The van der Waals surface area contributed by atoms with E-state index in [2.05, 4.69) is 9.88 Å². The molecule has 1 aromatic heterocycles. The van der Waals surface area contributed by atoms with Crippen molar-refractivity contribution in [2.24, 2.45) is 0 Å². The molecule has 16 heavy (non-hydrogen) atoms. The third-order valence-corrected chi connectivity index (χ3v) is 3.24. The molecule has 1 aliphatic rings. The van der Waals surface area contributed by atoms with Crippen molar-refractivity contribution in [3.8, 4) is 0 Å². The molecule has 88 valence electrons. The fourth-order valence-electron chi connectivity index (χ4n) is 2.48. The average Bonchev–Trinajstić information content (AvgIpc) is 2.80. The molecule has 0 saturated heterocycles. The zero-order chi connectivity index (χ0) is 11.4. The summed E-state index contributed by atoms with van der Waals surface area (Å²) in [6, 6.07) is 2.46. The lowest BCUT2D eigenvalue weighted by atomic mass is 10.2. The first-order valence-corrected chi connectivity index (χ1v) is 5.90. The second-order valence-corrected chi connectivity index (χ2v) is 4.29. The minimum atomic E-state index is 0.165. The van der Waals surface area contributed by atoms with E-state index in [0.717, 1.165) is 5.69 Å². The van der Waals surface area contributed by atoms with E-state index >= 15 is 0 Å². The van der Waals surface area contributed by atoms with Crippen molar-refractivity contribution in [3.05, 3.63) is 18.5 Å². The highest BCUT2D eigenvalue weighted by molar-refractivity contribution is 5.66. The first-order valence-electron chi connectivity index (χ1n) is 5.90. The molecule has 1 aliphatic carbocycles. The summed E-state index contributed by atoms with van der Waals surface area (Å²) in [5.41, 5.74) is 7.64. The number of pyridine rings is 1. The van der Waals surface area contributed by atoms with Crippen LogP contribution >= 0.6 is 0 Å². The first kappa shape index (κ1) is 11.2. The van der Waals surface area contributed by atoms with Crippen LogP contribution in [0.4, 0.5) is 11.4 Å². The van der Waals surface area contributed by atoms with Gasteiger partial charge in [0.1, 0.15) is 0 Å². The van der Waals surface area contributed by atoms with Crippen molar-refractivity contribution in [1.29, 1.82) is 0 Å². The Morgan fingerprint density at radius 1 is 1.44 bits per heavy atom. The van der Waals surface area contributed by atoms with Crippen LogP contribution in [-0.2, 0) is 0 Å². The molecule has 0 aromatic carbocycles. The zero-order valence-electron chi connectivity index (χ0n) is 9.47. The highest BCUT2D eigenvalue weighted by atomic mass is 16.3. The van der Waals surface area contributed by atoms with Gasteiger partial charge in [0.15, 0.2) is 0 Å². The Kier molecular flexibility index (Phi) is 3.62. The molecule has 2 rings (SSSR count). The molecular formula is C12H19N3O. The number of aromatic nitrogens is 1. The summed E-state index contributed by atoms with van der Waals surface area (Å²) in [4.78, 5) is 6.23. The van der Waals surface area contributed by atoms with Crippen LogP contribution in [0.25, 0.3) is 0 Å². The highest BCUT2D eigenvalue weighted by Gasteiger charge is 2.23. The van der Waals surface area contributed by atoms with Gasteiger partial charge in [0.25, 0.3) is 0 Å². The average molecular weight is 221 g/mol. The maximum Gasteiger partial charge on any atom is 0.0738 e. The predicted molar refractivity (Wildman–Crippen MR) is 65.3 cm³/mol. The number of nitrogens with zero attached hydrogens (tertiary/aromatic N) is 2. The Bertz CT molecular complexity index is 337. The van der Waals surface area contributed by atoms with E-state index < -0.39 is 0 Å². The van der Waals surface area contributed by atoms with Crippen molar-refractivity contribution >= 4 is 11.4 Å². The number of aliphatic hydroxyl groups excluding tert-OH is 1. The van der Waals surface area contributed by atoms with Gasteiger partial charge < -0.3 is 15.7 Å². The zero-order valence-corrected chi connectivity index (χ0v) is 9.47. The number of hydrogen-bond donors (Lipinski definition) is 2. The third kappa shape index (κ3) is 2.27. The molecule has 1 heterocycles. The van der Waals surface area contributed by atoms with Crippen molar-refractivity contribution in [2.45, 2.75) is 31.7 Å². The Hall–Kier alpha value is -1.29. The van der Waals surface area contributed by atoms with E-state index in [1.54, 1.807) is 12.4 Å². The van der Waals surface area contributed by atoms with E-state index in [-0.39, 0.29) is 6.61 Å². The van der Waals surface area contributed by atoms with Crippen LogP contribution in [0.3, 0.4) is 0 Å². The minimum absolute atomic E-state index is 0.165. The molecule has 0 spiro atoms. The molecule has 0 radical (unpaired) electrons. The largest absolute Gasteiger partial charge is 0.396 e. The smallest absolute Gasteiger partial charge is 0.0738 e. The molecular weight excluding hydrogens is 202 g/mol. The fraction of sp³-hybridized carbons (Fsp3) is 0.583. The molecule has 0 atom stereocenters. The van der Waals surface area contributed by atoms with Crippen molar-refractivity contribution < 1.29 is 5.11 Å². The molecule has 1 saturated carbocycles. The maximum atomic E-state index is 9.15. The Morgan fingerprint density at radius 3 is 2.81 bits per heavy atom. The summed E-state index contributed by atoms with van der Waals surface area (Å²) in [5, 5.41) is 9.15. The van der Waals surface area contributed by atoms with Gasteiger partial charge in [-0.2, -0.15) is 0 Å². The fourth-order valence-corrected chi connectivity index (χ4v) is 2.48. The normalized spacial score (nSPS) is 16.6. The van der Waals surface area contributed by atoms with Crippen LogP contribution in [0.2, 0.25) is 0 Å². The minimum Gasteiger partial charge on any atom is -0.396 e. The van der Waals surface area contributed by atoms with Gasteiger partial charge in [0.2, 0.25) is 0 Å². The molecule has 0 bridgehead atoms. The van der Waals surface area contributed by atoms with Crippen molar-refractivity contribution in [3.63, 3.8) is 0 Å². The lowest BCUT2D eigenvalue weighted by Gasteiger charge is -2.31. The SMILES string of the molecule is Nc1cnccc1N(CCO)C1CCCC1. The van der Waals surface area contributed by atoms with Crippen molar-refractivity contribution in [1.82, 2.24) is 4.98 Å². The number of nitrogen functional groups attached to an aromatic ring is 1. The molecule has 4 heteroatoms. The number of aliphatic hydroxyl groups is 1. The molecule has 1 fully saturated rings. The number of nitrogens with two attached hydrogens (primary N) is 1. The predicted octanol–water partition coefficient (Wildman–Crippen LogP) is 1.41. The second-order valence-electron chi connectivity index (χ2n) is 4.29. The number of hydrogen-bond acceptors (Lipinski definition) is 4. The molecule has 1 aromatic rings. The second kappa shape index (κ2) is 5.16. The summed E-state index contributed by atoms with van der Waals surface area (Å²) in [5.74, 6) is 0. The van der Waals surface area contributed by atoms with Gasteiger partial charge in [-0.1, -0.05) is 12.8 Å². The summed E-state index contributed by atoms with van der Waals surface area (Å²) < 4.78 is 0. The number of anilines is 2. The summed E-state index contributed by atoms with van der Waals surface area (Å²) in [7, 11) is 0. The highest BCUT2D eigenvalue weighted by Crippen LogP contribution is 2.30. The first-order chi connectivity index (χ1) is 7.83. The van der Waals surface area contributed by atoms with Crippen LogP contribution in [0.15, 0.2) is 18.5 Å². The van der Waals surface area contributed by atoms with E-state index in [9.17, 15) is 0 Å².